The molecule has 5 nitrogen and oxygen atoms in total. The summed E-state index contributed by atoms with van der Waals surface area (Å²) in [7, 11) is 0. The van der Waals surface area contributed by atoms with E-state index in [1.54, 1.807) is 0 Å². The third kappa shape index (κ3) is 3.94. The van der Waals surface area contributed by atoms with Gasteiger partial charge in [0.1, 0.15) is 0 Å². The Morgan fingerprint density at radius 1 is 1.36 bits per heavy atom. The lowest BCUT2D eigenvalue weighted by atomic mass is 10.3. The number of nitrogens with zero attached hydrogens (tertiary/aromatic N) is 2. The van der Waals surface area contributed by atoms with Gasteiger partial charge in [0, 0.05) is 12.2 Å². The Balaban J connectivity index is 4.96. The van der Waals surface area contributed by atoms with Crippen LogP contribution >= 0.6 is 0 Å². The molecule has 0 aliphatic carbocycles. The van der Waals surface area contributed by atoms with Crippen molar-refractivity contribution < 1.29 is 9.72 Å². The van der Waals surface area contributed by atoms with Crippen LogP contribution in [0.15, 0.2) is 53.8 Å². The van der Waals surface area contributed by atoms with Gasteiger partial charge in [-0.2, -0.15) is 4.99 Å². The van der Waals surface area contributed by atoms with Crippen LogP contribution in [0.25, 0.3) is 0 Å². The maximum Gasteiger partial charge on any atom is 0.268 e. The molecule has 0 radical (unpaired) electrons. The van der Waals surface area contributed by atoms with Crippen molar-refractivity contribution in [1.29, 1.82) is 0 Å². The SMILES string of the molecule is C=C/C(=C\C=C(/C=C)[N+](=O)[O-])N=C=O. The zero-order valence-corrected chi connectivity index (χ0v) is 7.34. The monoisotopic (exact) mass is 192 g/mol. The second-order valence-corrected chi connectivity index (χ2v) is 2.05. The van der Waals surface area contributed by atoms with Crippen LogP contribution in [0, 0.1) is 10.1 Å². The summed E-state index contributed by atoms with van der Waals surface area (Å²) in [6.07, 6.45) is 6.11. The molecule has 5 heteroatoms. The number of hydrogen-bond donors (Lipinski definition) is 0. The minimum Gasteiger partial charge on any atom is -0.258 e. The summed E-state index contributed by atoms with van der Waals surface area (Å²) < 4.78 is 0. The molecule has 0 aromatic rings. The number of allylic oxidation sites excluding steroid dienone is 4. The summed E-state index contributed by atoms with van der Waals surface area (Å²) in [5.74, 6) is 0. The second-order valence-electron chi connectivity index (χ2n) is 2.05. The highest BCUT2D eigenvalue weighted by Crippen LogP contribution is 2.01. The summed E-state index contributed by atoms with van der Waals surface area (Å²) in [6.45, 7) is 6.62. The fourth-order valence-electron chi connectivity index (χ4n) is 0.578. The van der Waals surface area contributed by atoms with E-state index < -0.39 is 4.92 Å². The molecule has 0 spiro atoms. The molecular weight excluding hydrogens is 184 g/mol. The number of rotatable bonds is 5. The van der Waals surface area contributed by atoms with E-state index >= 15 is 0 Å². The van der Waals surface area contributed by atoms with E-state index in [9.17, 15) is 14.9 Å². The van der Waals surface area contributed by atoms with Gasteiger partial charge in [-0.25, -0.2) is 4.79 Å². The Kier molecular flexibility index (Phi) is 5.26. The average molecular weight is 192 g/mol. The first-order valence-electron chi connectivity index (χ1n) is 3.54. The lowest BCUT2D eigenvalue weighted by Crippen LogP contribution is -1.93. The topological polar surface area (TPSA) is 72.6 Å². The van der Waals surface area contributed by atoms with Crippen LogP contribution in [-0.2, 0) is 4.79 Å². The van der Waals surface area contributed by atoms with Crippen LogP contribution in [0.4, 0.5) is 0 Å². The van der Waals surface area contributed by atoms with Crippen LogP contribution in [-0.4, -0.2) is 11.0 Å². The van der Waals surface area contributed by atoms with Gasteiger partial charge in [-0.05, 0) is 12.2 Å². The summed E-state index contributed by atoms with van der Waals surface area (Å²) in [6, 6.07) is 0. The van der Waals surface area contributed by atoms with E-state index in [-0.39, 0.29) is 11.4 Å². The van der Waals surface area contributed by atoms with E-state index in [0.717, 1.165) is 6.08 Å². The number of nitro groups is 1. The normalized spacial score (nSPS) is 11.4. The highest BCUT2D eigenvalue weighted by Gasteiger charge is 2.01. The third-order valence-corrected chi connectivity index (χ3v) is 1.23. The van der Waals surface area contributed by atoms with Crippen molar-refractivity contribution in [3.63, 3.8) is 0 Å². The molecule has 0 unspecified atom stereocenters. The summed E-state index contributed by atoms with van der Waals surface area (Å²) >= 11 is 0. The number of isocyanates is 1. The molecule has 0 aliphatic rings. The van der Waals surface area contributed by atoms with E-state index in [2.05, 4.69) is 18.2 Å². The van der Waals surface area contributed by atoms with Crippen molar-refractivity contribution in [3.05, 3.63) is 59.0 Å². The molecule has 0 aromatic heterocycles. The number of hydrogen-bond acceptors (Lipinski definition) is 4. The van der Waals surface area contributed by atoms with Crippen molar-refractivity contribution in [3.8, 4) is 0 Å². The Labute approximate surface area is 80.6 Å². The highest BCUT2D eigenvalue weighted by atomic mass is 16.6. The zero-order valence-electron chi connectivity index (χ0n) is 7.34. The van der Waals surface area contributed by atoms with Crippen molar-refractivity contribution in [2.45, 2.75) is 0 Å². The van der Waals surface area contributed by atoms with Crippen LogP contribution in [0.2, 0.25) is 0 Å². The Hall–Kier alpha value is -2.26. The first kappa shape index (κ1) is 11.7. The van der Waals surface area contributed by atoms with Gasteiger partial charge < -0.3 is 0 Å². The summed E-state index contributed by atoms with van der Waals surface area (Å²) in [4.78, 5) is 22.8. The van der Waals surface area contributed by atoms with Crippen molar-refractivity contribution >= 4 is 6.08 Å². The molecule has 0 saturated heterocycles. The fourth-order valence-corrected chi connectivity index (χ4v) is 0.578. The van der Waals surface area contributed by atoms with Crippen molar-refractivity contribution in [1.82, 2.24) is 0 Å². The first-order chi connectivity index (χ1) is 6.65. The minimum absolute atomic E-state index is 0.189. The standard InChI is InChI=1S/C9H8N2O3/c1-3-8(10-7-12)5-6-9(4-2)11(13)14/h3-6H,1-2H2/b8-5+,9-6+. The predicted molar refractivity (Wildman–Crippen MR) is 51.7 cm³/mol. The molecule has 0 N–H and O–H groups in total. The van der Waals surface area contributed by atoms with Crippen LogP contribution in [0.5, 0.6) is 0 Å². The molecule has 72 valence electrons. The Morgan fingerprint density at radius 3 is 2.36 bits per heavy atom. The molecule has 0 saturated carbocycles. The van der Waals surface area contributed by atoms with E-state index in [4.69, 9.17) is 0 Å². The average Bonchev–Trinajstić information content (AvgIpc) is 2.16. The molecule has 0 aliphatic heterocycles. The van der Waals surface area contributed by atoms with Gasteiger partial charge in [0.15, 0.2) is 0 Å². The summed E-state index contributed by atoms with van der Waals surface area (Å²) in [5, 5.41) is 10.3. The number of carbonyl (C=O) groups excluding carboxylic acids is 1. The molecule has 0 heterocycles. The van der Waals surface area contributed by atoms with Gasteiger partial charge in [-0.1, -0.05) is 13.2 Å². The molecule has 0 rings (SSSR count). The van der Waals surface area contributed by atoms with Crippen LogP contribution < -0.4 is 0 Å². The van der Waals surface area contributed by atoms with E-state index in [0.29, 0.717) is 0 Å². The van der Waals surface area contributed by atoms with Crippen molar-refractivity contribution in [2.24, 2.45) is 4.99 Å². The number of aliphatic imine (C=N–C) groups is 1. The first-order valence-corrected chi connectivity index (χ1v) is 3.54. The molecule has 0 bridgehead atoms. The van der Waals surface area contributed by atoms with Gasteiger partial charge in [0.2, 0.25) is 6.08 Å². The minimum atomic E-state index is -0.602. The smallest absolute Gasteiger partial charge is 0.258 e. The van der Waals surface area contributed by atoms with Gasteiger partial charge in [-0.15, -0.1) is 0 Å². The molecule has 0 amide bonds. The summed E-state index contributed by atoms with van der Waals surface area (Å²) in [5.41, 5.74) is 0.00616. The highest BCUT2D eigenvalue weighted by molar-refractivity contribution is 5.40. The molecule has 0 aromatic carbocycles. The van der Waals surface area contributed by atoms with Crippen LogP contribution in [0.1, 0.15) is 0 Å². The quantitative estimate of drug-likeness (QED) is 0.219. The Bertz CT molecular complexity index is 338. The fraction of sp³-hybridized carbons (Fsp3) is 0. The zero-order chi connectivity index (χ0) is 11.0. The third-order valence-electron chi connectivity index (χ3n) is 1.23. The maximum atomic E-state index is 10.3. The van der Waals surface area contributed by atoms with Gasteiger partial charge in [0.05, 0.1) is 10.6 Å². The molecule has 0 atom stereocenters. The second kappa shape index (κ2) is 6.28. The molecular formula is C9H8N2O3. The largest absolute Gasteiger partial charge is 0.268 e. The van der Waals surface area contributed by atoms with E-state index in [1.165, 1.54) is 24.3 Å². The van der Waals surface area contributed by atoms with E-state index in [1.807, 2.05) is 0 Å². The Morgan fingerprint density at radius 2 is 2.00 bits per heavy atom. The van der Waals surface area contributed by atoms with Crippen molar-refractivity contribution in [2.75, 3.05) is 0 Å². The van der Waals surface area contributed by atoms with Gasteiger partial charge in [-0.3, -0.25) is 10.1 Å². The van der Waals surface area contributed by atoms with Crippen LogP contribution in [0.3, 0.4) is 0 Å². The van der Waals surface area contributed by atoms with Gasteiger partial charge in [0.25, 0.3) is 5.70 Å². The van der Waals surface area contributed by atoms with Gasteiger partial charge >= 0.3 is 0 Å². The molecule has 0 fully saturated rings. The predicted octanol–water partition coefficient (Wildman–Crippen LogP) is 1.74. The lowest BCUT2D eigenvalue weighted by molar-refractivity contribution is -0.418. The maximum absolute atomic E-state index is 10.3. The molecule has 14 heavy (non-hydrogen) atoms. The lowest BCUT2D eigenvalue weighted by Gasteiger charge is -1.88.